The van der Waals surface area contributed by atoms with Crippen LogP contribution in [0.15, 0.2) is 64.6 Å². The van der Waals surface area contributed by atoms with Crippen molar-refractivity contribution in [3.8, 4) is 5.75 Å². The average molecular weight is 388 g/mol. The van der Waals surface area contributed by atoms with Crippen LogP contribution in [0.25, 0.3) is 5.57 Å². The van der Waals surface area contributed by atoms with Gasteiger partial charge in [-0.25, -0.2) is 5.01 Å². The Morgan fingerprint density at radius 3 is 2.97 bits per heavy atom. The molecule has 0 aromatic carbocycles. The van der Waals surface area contributed by atoms with Gasteiger partial charge in [0.05, 0.1) is 18.2 Å². The number of aromatic nitrogens is 2. The van der Waals surface area contributed by atoms with Gasteiger partial charge in [-0.1, -0.05) is 29.5 Å². The predicted molar refractivity (Wildman–Crippen MR) is 111 cm³/mol. The number of hydrazine groups is 1. The van der Waals surface area contributed by atoms with E-state index in [9.17, 15) is 0 Å². The van der Waals surface area contributed by atoms with E-state index in [1.165, 1.54) is 11.3 Å². The molecule has 1 N–H and O–H groups in total. The van der Waals surface area contributed by atoms with Gasteiger partial charge in [0.25, 0.3) is 0 Å². The summed E-state index contributed by atoms with van der Waals surface area (Å²) in [4.78, 5) is 4.43. The zero-order valence-corrected chi connectivity index (χ0v) is 17.1. The maximum Gasteiger partial charge on any atom is 0.141 e. The standard InChI is InChI=1S/C23H24N4O2/c1-14-22(15(2)29-26-14)16-10-17-6-5-7-21-23(17,13-27(3)25-21)19(11-16)18-12-24-9-8-20(18)28-4/h5-12,19,25H,13H2,1-4H3. The summed E-state index contributed by atoms with van der Waals surface area (Å²) >= 11 is 0. The van der Waals surface area contributed by atoms with Crippen LogP contribution in [-0.2, 0) is 0 Å². The van der Waals surface area contributed by atoms with Crippen LogP contribution in [0, 0.1) is 19.3 Å². The van der Waals surface area contributed by atoms with E-state index in [0.29, 0.717) is 0 Å². The Labute approximate surface area is 170 Å². The molecule has 2 aromatic rings. The quantitative estimate of drug-likeness (QED) is 0.865. The molecule has 1 saturated heterocycles. The number of allylic oxidation sites excluding steroid dienone is 6. The van der Waals surface area contributed by atoms with Crippen LogP contribution in [0.2, 0.25) is 0 Å². The van der Waals surface area contributed by atoms with E-state index in [2.05, 4.69) is 58.0 Å². The van der Waals surface area contributed by atoms with Crippen molar-refractivity contribution in [1.29, 1.82) is 0 Å². The molecule has 6 heteroatoms. The van der Waals surface area contributed by atoms with Gasteiger partial charge in [-0.3, -0.25) is 4.98 Å². The molecule has 148 valence electrons. The molecule has 1 aliphatic heterocycles. The highest BCUT2D eigenvalue weighted by molar-refractivity contribution is 5.82. The van der Waals surface area contributed by atoms with E-state index in [1.54, 1.807) is 13.3 Å². The van der Waals surface area contributed by atoms with Gasteiger partial charge in [0, 0.05) is 48.7 Å². The molecule has 3 aliphatic rings. The molecule has 2 unspecified atom stereocenters. The molecule has 6 nitrogen and oxygen atoms in total. The normalized spacial score (nSPS) is 25.5. The molecule has 3 heterocycles. The smallest absolute Gasteiger partial charge is 0.141 e. The first-order valence-corrected chi connectivity index (χ1v) is 9.76. The van der Waals surface area contributed by atoms with E-state index >= 15 is 0 Å². The van der Waals surface area contributed by atoms with Gasteiger partial charge in [-0.05, 0) is 37.1 Å². The highest BCUT2D eigenvalue weighted by atomic mass is 16.5. The maximum atomic E-state index is 5.73. The lowest BCUT2D eigenvalue weighted by Crippen LogP contribution is -2.37. The van der Waals surface area contributed by atoms with Crippen LogP contribution in [0.1, 0.15) is 28.5 Å². The lowest BCUT2D eigenvalue weighted by molar-refractivity contribution is 0.281. The molecule has 0 saturated carbocycles. The Morgan fingerprint density at radius 2 is 2.21 bits per heavy atom. The minimum atomic E-state index is -0.220. The molecular formula is C23H24N4O2. The number of ether oxygens (including phenoxy) is 1. The predicted octanol–water partition coefficient (Wildman–Crippen LogP) is 3.69. The summed E-state index contributed by atoms with van der Waals surface area (Å²) < 4.78 is 11.2. The maximum absolute atomic E-state index is 5.73. The minimum absolute atomic E-state index is 0.0449. The molecule has 5 rings (SSSR count). The second-order valence-corrected chi connectivity index (χ2v) is 7.89. The Balaban J connectivity index is 1.77. The molecule has 2 atom stereocenters. The van der Waals surface area contributed by atoms with E-state index < -0.39 is 0 Å². The van der Waals surface area contributed by atoms with Gasteiger partial charge in [-0.2, -0.15) is 0 Å². The number of aryl methyl sites for hydroxylation is 2. The Hall–Kier alpha value is -3.12. The van der Waals surface area contributed by atoms with Gasteiger partial charge in [-0.15, -0.1) is 0 Å². The average Bonchev–Trinajstić information content (AvgIpc) is 3.24. The summed E-state index contributed by atoms with van der Waals surface area (Å²) in [6, 6.07) is 1.93. The lowest BCUT2D eigenvalue weighted by atomic mass is 9.61. The highest BCUT2D eigenvalue weighted by Crippen LogP contribution is 2.57. The molecule has 1 spiro atoms. The highest BCUT2D eigenvalue weighted by Gasteiger charge is 2.52. The van der Waals surface area contributed by atoms with Crippen molar-refractivity contribution in [2.45, 2.75) is 19.8 Å². The third kappa shape index (κ3) is 2.52. The number of pyridine rings is 1. The van der Waals surface area contributed by atoms with Crippen LogP contribution < -0.4 is 10.2 Å². The van der Waals surface area contributed by atoms with E-state index in [1.807, 2.05) is 26.1 Å². The van der Waals surface area contributed by atoms with Gasteiger partial charge in [0.2, 0.25) is 0 Å². The SMILES string of the molecule is COc1ccncc1C1C=C(c2c(C)noc2C)C=C2C=CC=C3NN(C)CC231. The molecule has 2 aliphatic carbocycles. The first-order chi connectivity index (χ1) is 14.0. The Kier molecular flexibility index (Phi) is 3.99. The van der Waals surface area contributed by atoms with Crippen LogP contribution in [0.3, 0.4) is 0 Å². The monoisotopic (exact) mass is 388 g/mol. The largest absolute Gasteiger partial charge is 0.496 e. The van der Waals surface area contributed by atoms with Crippen LogP contribution in [-0.4, -0.2) is 35.9 Å². The number of nitrogens with zero attached hydrogens (tertiary/aromatic N) is 3. The third-order valence-corrected chi connectivity index (χ3v) is 6.21. The fraction of sp³-hybridized carbons (Fsp3) is 0.304. The molecular weight excluding hydrogens is 364 g/mol. The number of methoxy groups -OCH3 is 1. The fourth-order valence-corrected chi connectivity index (χ4v) is 5.01. The molecule has 0 amide bonds. The topological polar surface area (TPSA) is 63.4 Å². The Bertz CT molecular complexity index is 1090. The fourth-order valence-electron chi connectivity index (χ4n) is 5.01. The molecule has 0 bridgehead atoms. The molecule has 2 aromatic heterocycles. The van der Waals surface area contributed by atoms with Crippen LogP contribution in [0.4, 0.5) is 0 Å². The van der Waals surface area contributed by atoms with E-state index in [0.717, 1.165) is 40.4 Å². The van der Waals surface area contributed by atoms with Crippen molar-refractivity contribution in [2.24, 2.45) is 5.41 Å². The van der Waals surface area contributed by atoms with Crippen LogP contribution >= 0.6 is 0 Å². The summed E-state index contributed by atoms with van der Waals surface area (Å²) in [6.07, 6.45) is 14.8. The third-order valence-electron chi connectivity index (χ3n) is 6.21. The van der Waals surface area contributed by atoms with Crippen molar-refractivity contribution < 1.29 is 9.26 Å². The van der Waals surface area contributed by atoms with Crippen molar-refractivity contribution >= 4 is 5.57 Å². The van der Waals surface area contributed by atoms with Crippen LogP contribution in [0.5, 0.6) is 5.75 Å². The number of nitrogens with one attached hydrogen (secondary N) is 1. The van der Waals surface area contributed by atoms with Crippen molar-refractivity contribution in [1.82, 2.24) is 20.6 Å². The van der Waals surface area contributed by atoms with Gasteiger partial charge in [0.15, 0.2) is 0 Å². The van der Waals surface area contributed by atoms with Gasteiger partial charge >= 0.3 is 0 Å². The first-order valence-electron chi connectivity index (χ1n) is 9.76. The van der Waals surface area contributed by atoms with E-state index in [-0.39, 0.29) is 11.3 Å². The summed E-state index contributed by atoms with van der Waals surface area (Å²) in [5.41, 5.74) is 9.93. The summed E-state index contributed by atoms with van der Waals surface area (Å²) in [7, 11) is 3.79. The molecule has 1 fully saturated rings. The minimum Gasteiger partial charge on any atom is -0.496 e. The zero-order valence-electron chi connectivity index (χ0n) is 17.1. The second-order valence-electron chi connectivity index (χ2n) is 7.89. The first kappa shape index (κ1) is 17.9. The second kappa shape index (κ2) is 6.46. The molecule has 29 heavy (non-hydrogen) atoms. The van der Waals surface area contributed by atoms with Crippen molar-refractivity contribution in [3.63, 3.8) is 0 Å². The van der Waals surface area contributed by atoms with Crippen molar-refractivity contribution in [3.05, 3.63) is 82.7 Å². The summed E-state index contributed by atoms with van der Waals surface area (Å²) in [6.45, 7) is 4.80. The molecule has 0 radical (unpaired) electrons. The zero-order chi connectivity index (χ0) is 20.2. The summed E-state index contributed by atoms with van der Waals surface area (Å²) in [5, 5.41) is 6.32. The summed E-state index contributed by atoms with van der Waals surface area (Å²) in [5.74, 6) is 1.72. The number of rotatable bonds is 3. The van der Waals surface area contributed by atoms with Crippen molar-refractivity contribution in [2.75, 3.05) is 20.7 Å². The van der Waals surface area contributed by atoms with Gasteiger partial charge < -0.3 is 14.7 Å². The van der Waals surface area contributed by atoms with Gasteiger partial charge in [0.1, 0.15) is 11.5 Å². The van der Waals surface area contributed by atoms with E-state index in [4.69, 9.17) is 9.26 Å². The lowest BCUT2D eigenvalue weighted by Gasteiger charge is -2.42. The Morgan fingerprint density at radius 1 is 1.34 bits per heavy atom. The number of hydrogen-bond acceptors (Lipinski definition) is 6. The number of hydrogen-bond donors (Lipinski definition) is 1.